The Morgan fingerprint density at radius 1 is 1.33 bits per heavy atom. The third-order valence-corrected chi connectivity index (χ3v) is 2.49. The van der Waals surface area contributed by atoms with Gasteiger partial charge in [0.2, 0.25) is 0 Å². The van der Waals surface area contributed by atoms with E-state index in [9.17, 15) is 4.79 Å². The Balaban J connectivity index is 3.28. The van der Waals surface area contributed by atoms with Crippen molar-refractivity contribution in [3.05, 3.63) is 21.6 Å². The van der Waals surface area contributed by atoms with E-state index in [4.69, 9.17) is 0 Å². The minimum atomic E-state index is -0.0843. The molecule has 0 radical (unpaired) electrons. The lowest BCUT2D eigenvalue weighted by atomic mass is 9.85. The summed E-state index contributed by atoms with van der Waals surface area (Å²) >= 11 is 0. The second-order valence-corrected chi connectivity index (χ2v) is 5.68. The maximum absolute atomic E-state index is 11.9. The van der Waals surface area contributed by atoms with E-state index in [0.717, 1.165) is 17.7 Å². The number of nitrogens with one attached hydrogen (secondary N) is 1. The normalized spacial score (nSPS) is 12.5. The van der Waals surface area contributed by atoms with Crippen molar-refractivity contribution in [3.8, 4) is 0 Å². The largest absolute Gasteiger partial charge is 0.300 e. The molecule has 0 atom stereocenters. The summed E-state index contributed by atoms with van der Waals surface area (Å²) in [5, 5.41) is 3.15. The van der Waals surface area contributed by atoms with E-state index >= 15 is 0 Å². The van der Waals surface area contributed by atoms with Gasteiger partial charge in [0.05, 0.1) is 0 Å². The topological polar surface area (TPSA) is 37.8 Å². The van der Waals surface area contributed by atoms with Gasteiger partial charge >= 0.3 is 0 Å². The Morgan fingerprint density at radius 3 is 2.27 bits per heavy atom. The second kappa shape index (κ2) is 3.87. The van der Waals surface area contributed by atoms with Crippen LogP contribution < -0.4 is 5.56 Å². The van der Waals surface area contributed by atoms with Crippen LogP contribution in [0.25, 0.3) is 0 Å². The third kappa shape index (κ3) is 2.52. The zero-order chi connectivity index (χ0) is 11.8. The van der Waals surface area contributed by atoms with E-state index in [2.05, 4.69) is 39.7 Å². The minimum Gasteiger partial charge on any atom is -0.300 e. The quantitative estimate of drug-likeness (QED) is 0.798. The van der Waals surface area contributed by atoms with Gasteiger partial charge in [0.1, 0.15) is 0 Å². The summed E-state index contributed by atoms with van der Waals surface area (Å²) in [6.07, 6.45) is 0.933. The molecule has 0 fully saturated rings. The molecule has 0 amide bonds. The van der Waals surface area contributed by atoms with E-state index in [0.29, 0.717) is 5.92 Å². The highest BCUT2D eigenvalue weighted by Gasteiger charge is 2.24. The predicted molar refractivity (Wildman–Crippen MR) is 63.3 cm³/mol. The van der Waals surface area contributed by atoms with Crippen LogP contribution in [0.1, 0.15) is 45.9 Å². The summed E-state index contributed by atoms with van der Waals surface area (Å²) in [5.41, 5.74) is 2.04. The molecule has 1 rings (SSSR count). The maximum Gasteiger partial charge on any atom is 0.270 e. The zero-order valence-corrected chi connectivity index (χ0v) is 10.6. The van der Waals surface area contributed by atoms with Crippen LogP contribution >= 0.6 is 0 Å². The Hall–Kier alpha value is -0.990. The molecular formula is C12H22N2O. The van der Waals surface area contributed by atoms with E-state index in [-0.39, 0.29) is 11.0 Å². The van der Waals surface area contributed by atoms with Crippen LogP contribution in [0.4, 0.5) is 0 Å². The zero-order valence-electron chi connectivity index (χ0n) is 10.6. The lowest BCUT2D eigenvalue weighted by molar-refractivity contribution is 0.561. The molecule has 3 heteroatoms. The van der Waals surface area contributed by atoms with Crippen molar-refractivity contribution in [2.24, 2.45) is 13.0 Å². The molecule has 86 valence electrons. The molecule has 1 N–H and O–H groups in total. The lowest BCUT2D eigenvalue weighted by Gasteiger charge is -2.18. The molecule has 3 nitrogen and oxygen atoms in total. The Morgan fingerprint density at radius 2 is 1.87 bits per heavy atom. The monoisotopic (exact) mass is 210 g/mol. The lowest BCUT2D eigenvalue weighted by Crippen LogP contribution is -2.25. The SMILES string of the molecule is CC(C)Cc1[nH]n(C)c(=O)c1C(C)(C)C. The van der Waals surface area contributed by atoms with Crippen molar-refractivity contribution < 1.29 is 0 Å². The van der Waals surface area contributed by atoms with Gasteiger partial charge in [0.25, 0.3) is 5.56 Å². The van der Waals surface area contributed by atoms with Crippen LogP contribution in [0.2, 0.25) is 0 Å². The molecule has 0 bridgehead atoms. The first-order valence-electron chi connectivity index (χ1n) is 5.52. The highest BCUT2D eigenvalue weighted by atomic mass is 16.1. The first-order chi connectivity index (χ1) is 6.73. The van der Waals surface area contributed by atoms with Crippen molar-refractivity contribution in [1.29, 1.82) is 0 Å². The smallest absolute Gasteiger partial charge is 0.270 e. The van der Waals surface area contributed by atoms with Gasteiger partial charge in [-0.05, 0) is 17.8 Å². The van der Waals surface area contributed by atoms with Crippen molar-refractivity contribution in [3.63, 3.8) is 0 Å². The second-order valence-electron chi connectivity index (χ2n) is 5.68. The fourth-order valence-corrected chi connectivity index (χ4v) is 1.94. The van der Waals surface area contributed by atoms with Crippen molar-refractivity contribution >= 4 is 0 Å². The number of hydrogen-bond acceptors (Lipinski definition) is 1. The van der Waals surface area contributed by atoms with Crippen molar-refractivity contribution in [1.82, 2.24) is 9.78 Å². The van der Waals surface area contributed by atoms with Gasteiger partial charge in [-0.25, -0.2) is 0 Å². The van der Waals surface area contributed by atoms with Crippen LogP contribution in [-0.2, 0) is 18.9 Å². The highest BCUT2D eigenvalue weighted by molar-refractivity contribution is 5.25. The Labute approximate surface area is 91.5 Å². The Kier molecular flexibility index (Phi) is 3.12. The molecule has 0 spiro atoms. The molecule has 0 aromatic carbocycles. The van der Waals surface area contributed by atoms with E-state index < -0.39 is 0 Å². The molecule has 0 aliphatic heterocycles. The summed E-state index contributed by atoms with van der Waals surface area (Å²) in [7, 11) is 1.78. The summed E-state index contributed by atoms with van der Waals surface area (Å²) in [4.78, 5) is 11.9. The van der Waals surface area contributed by atoms with E-state index in [1.807, 2.05) is 0 Å². The number of nitrogens with zero attached hydrogens (tertiary/aromatic N) is 1. The first-order valence-corrected chi connectivity index (χ1v) is 5.52. The van der Waals surface area contributed by atoms with Gasteiger partial charge in [-0.15, -0.1) is 0 Å². The van der Waals surface area contributed by atoms with Crippen LogP contribution in [0, 0.1) is 5.92 Å². The summed E-state index contributed by atoms with van der Waals surface area (Å²) < 4.78 is 1.58. The maximum atomic E-state index is 11.9. The average Bonchev–Trinajstić information content (AvgIpc) is 2.24. The number of aromatic nitrogens is 2. The van der Waals surface area contributed by atoms with Gasteiger partial charge in [-0.2, -0.15) is 0 Å². The molecule has 1 aromatic rings. The number of aromatic amines is 1. The van der Waals surface area contributed by atoms with Gasteiger partial charge in [0.15, 0.2) is 0 Å². The van der Waals surface area contributed by atoms with Gasteiger partial charge in [-0.1, -0.05) is 34.6 Å². The molecule has 0 saturated carbocycles. The summed E-state index contributed by atoms with van der Waals surface area (Å²) in [6, 6.07) is 0. The van der Waals surface area contributed by atoms with Crippen molar-refractivity contribution in [2.75, 3.05) is 0 Å². The first kappa shape index (κ1) is 12.1. The molecule has 0 aliphatic rings. The molecule has 1 heterocycles. The van der Waals surface area contributed by atoms with Gasteiger partial charge in [0, 0.05) is 18.3 Å². The standard InChI is InChI=1S/C12H22N2O/c1-8(2)7-9-10(12(3,4)5)11(15)14(6)13-9/h8,13H,7H2,1-6H3. The minimum absolute atomic E-state index is 0.0843. The van der Waals surface area contributed by atoms with Crippen LogP contribution in [0.15, 0.2) is 4.79 Å². The Bertz CT molecular complexity index is 391. The number of rotatable bonds is 2. The summed E-state index contributed by atoms with van der Waals surface area (Å²) in [6.45, 7) is 10.6. The average molecular weight is 210 g/mol. The highest BCUT2D eigenvalue weighted by Crippen LogP contribution is 2.23. The van der Waals surface area contributed by atoms with Crippen LogP contribution in [-0.4, -0.2) is 9.78 Å². The van der Waals surface area contributed by atoms with Crippen LogP contribution in [0.5, 0.6) is 0 Å². The van der Waals surface area contributed by atoms with Crippen molar-refractivity contribution in [2.45, 2.75) is 46.5 Å². The van der Waals surface area contributed by atoms with Gasteiger partial charge in [-0.3, -0.25) is 14.6 Å². The third-order valence-electron chi connectivity index (χ3n) is 2.49. The van der Waals surface area contributed by atoms with Gasteiger partial charge < -0.3 is 0 Å². The molecule has 0 unspecified atom stereocenters. The van der Waals surface area contributed by atoms with E-state index in [1.54, 1.807) is 11.7 Å². The summed E-state index contributed by atoms with van der Waals surface area (Å²) in [5.74, 6) is 0.559. The molecule has 1 aromatic heterocycles. The predicted octanol–water partition coefficient (Wildman–Crippen LogP) is 2.21. The van der Waals surface area contributed by atoms with Crippen LogP contribution in [0.3, 0.4) is 0 Å². The molecule has 0 aliphatic carbocycles. The number of aryl methyl sites for hydroxylation is 1. The molecule has 15 heavy (non-hydrogen) atoms. The van der Waals surface area contributed by atoms with E-state index in [1.165, 1.54) is 0 Å². The molecule has 0 saturated heterocycles. The fraction of sp³-hybridized carbons (Fsp3) is 0.750. The molecular weight excluding hydrogens is 188 g/mol. The number of hydrogen-bond donors (Lipinski definition) is 1. The number of H-pyrrole nitrogens is 1. The fourth-order valence-electron chi connectivity index (χ4n) is 1.94.